The summed E-state index contributed by atoms with van der Waals surface area (Å²) in [5.41, 5.74) is 7.14. The minimum atomic E-state index is 0. The van der Waals surface area contributed by atoms with Crippen molar-refractivity contribution in [3.05, 3.63) is 24.3 Å². The maximum Gasteiger partial charge on any atom is 0.225 e. The van der Waals surface area contributed by atoms with E-state index in [0.717, 1.165) is 18.5 Å². The van der Waals surface area contributed by atoms with Gasteiger partial charge in [-0.25, -0.2) is 0 Å². The number of fused-ring (bicyclic) bond motifs is 2. The van der Waals surface area contributed by atoms with E-state index < -0.39 is 0 Å². The van der Waals surface area contributed by atoms with Crippen molar-refractivity contribution in [2.45, 2.75) is 44.7 Å². The number of amides is 1. The Morgan fingerprint density at radius 1 is 1.26 bits per heavy atom. The van der Waals surface area contributed by atoms with E-state index in [4.69, 9.17) is 5.73 Å². The molecule has 0 aromatic carbocycles. The fourth-order valence-corrected chi connectivity index (χ4v) is 4.03. The summed E-state index contributed by atoms with van der Waals surface area (Å²) in [4.78, 5) is 22.8. The molecule has 2 saturated carbocycles. The van der Waals surface area contributed by atoms with E-state index in [1.807, 2.05) is 7.05 Å². The van der Waals surface area contributed by atoms with Gasteiger partial charge in [-0.15, -0.1) is 24.8 Å². The molecule has 2 unspecified atom stereocenters. The summed E-state index contributed by atoms with van der Waals surface area (Å²) in [6.45, 7) is 0.532. The predicted molar refractivity (Wildman–Crippen MR) is 94.5 cm³/mol. The summed E-state index contributed by atoms with van der Waals surface area (Å²) in [5, 5.41) is 0. The first kappa shape index (κ1) is 20.1. The molecule has 1 aromatic rings. The van der Waals surface area contributed by atoms with E-state index in [0.29, 0.717) is 24.4 Å². The standard InChI is InChI=1S/C16H24N4O.2ClH/c1-20(10-14-9-18-5-6-19-14)16(21)13-7-11-3-2-4-12(8-13)15(11)17;;/h5-6,9,11-13,15H,2-4,7-8,10,17H2,1H3;2*1H. The minimum Gasteiger partial charge on any atom is -0.340 e. The SMILES string of the molecule is CN(Cc1cnccn1)C(=O)C1CC2CCCC(C1)C2N.Cl.Cl. The number of hydrogen-bond acceptors (Lipinski definition) is 4. The average molecular weight is 361 g/mol. The first-order valence-electron chi connectivity index (χ1n) is 7.90. The zero-order chi connectivity index (χ0) is 14.8. The number of hydrogen-bond donors (Lipinski definition) is 1. The van der Waals surface area contributed by atoms with Gasteiger partial charge in [0.05, 0.1) is 18.4 Å². The molecule has 0 aliphatic heterocycles. The Bertz CT molecular complexity index is 488. The molecule has 0 saturated heterocycles. The van der Waals surface area contributed by atoms with E-state index in [1.165, 1.54) is 19.3 Å². The van der Waals surface area contributed by atoms with Crippen LogP contribution >= 0.6 is 24.8 Å². The molecule has 1 amide bonds. The van der Waals surface area contributed by atoms with Gasteiger partial charge in [0.1, 0.15) is 0 Å². The molecule has 1 heterocycles. The molecule has 2 N–H and O–H groups in total. The van der Waals surface area contributed by atoms with Gasteiger partial charge in [0.15, 0.2) is 0 Å². The molecule has 0 spiro atoms. The van der Waals surface area contributed by atoms with Crippen molar-refractivity contribution in [3.8, 4) is 0 Å². The number of halogens is 2. The van der Waals surface area contributed by atoms with Gasteiger partial charge in [0, 0.05) is 31.4 Å². The number of carbonyl (C=O) groups excluding carboxylic acids is 1. The van der Waals surface area contributed by atoms with Gasteiger partial charge in [-0.05, 0) is 37.5 Å². The number of aromatic nitrogens is 2. The molecule has 1 aromatic heterocycles. The normalized spacial score (nSPS) is 29.0. The van der Waals surface area contributed by atoms with E-state index in [-0.39, 0.29) is 36.6 Å². The summed E-state index contributed by atoms with van der Waals surface area (Å²) in [6.07, 6.45) is 10.6. The van der Waals surface area contributed by atoms with Crippen LogP contribution in [0.4, 0.5) is 0 Å². The Labute approximate surface area is 150 Å². The monoisotopic (exact) mass is 360 g/mol. The maximum absolute atomic E-state index is 12.7. The van der Waals surface area contributed by atoms with Crippen molar-refractivity contribution >= 4 is 30.7 Å². The Kier molecular flexibility index (Phi) is 7.71. The molecule has 2 atom stereocenters. The highest BCUT2D eigenvalue weighted by Crippen LogP contribution is 2.42. The summed E-state index contributed by atoms with van der Waals surface area (Å²) in [7, 11) is 1.86. The van der Waals surface area contributed by atoms with Crippen LogP contribution in [0.15, 0.2) is 18.6 Å². The zero-order valence-electron chi connectivity index (χ0n) is 13.4. The molecule has 130 valence electrons. The summed E-state index contributed by atoms with van der Waals surface area (Å²) >= 11 is 0. The fourth-order valence-electron chi connectivity index (χ4n) is 4.03. The lowest BCUT2D eigenvalue weighted by molar-refractivity contribution is -0.137. The van der Waals surface area contributed by atoms with Crippen LogP contribution in [0.2, 0.25) is 0 Å². The first-order chi connectivity index (χ1) is 10.1. The van der Waals surface area contributed by atoms with Crippen LogP contribution in [0, 0.1) is 17.8 Å². The van der Waals surface area contributed by atoms with Crippen LogP contribution in [0.25, 0.3) is 0 Å². The topological polar surface area (TPSA) is 72.1 Å². The highest BCUT2D eigenvalue weighted by atomic mass is 35.5. The molecule has 2 fully saturated rings. The van der Waals surface area contributed by atoms with Crippen molar-refractivity contribution < 1.29 is 4.79 Å². The van der Waals surface area contributed by atoms with Crippen LogP contribution < -0.4 is 5.73 Å². The molecule has 2 aliphatic rings. The quantitative estimate of drug-likeness (QED) is 0.898. The Morgan fingerprint density at radius 3 is 2.48 bits per heavy atom. The summed E-state index contributed by atoms with van der Waals surface area (Å²) in [6, 6.07) is 0.313. The maximum atomic E-state index is 12.7. The number of rotatable bonds is 3. The molecule has 5 nitrogen and oxygen atoms in total. The predicted octanol–water partition coefficient (Wildman–Crippen LogP) is 2.43. The molecule has 3 rings (SSSR count). The lowest BCUT2D eigenvalue weighted by Gasteiger charge is -2.44. The first-order valence-corrected chi connectivity index (χ1v) is 7.90. The average Bonchev–Trinajstić information content (AvgIpc) is 2.47. The second-order valence-electron chi connectivity index (χ2n) is 6.59. The van der Waals surface area contributed by atoms with Gasteiger partial charge in [0.25, 0.3) is 0 Å². The van der Waals surface area contributed by atoms with Crippen molar-refractivity contribution in [3.63, 3.8) is 0 Å². The molecule has 2 aliphatic carbocycles. The van der Waals surface area contributed by atoms with Gasteiger partial charge in [0.2, 0.25) is 5.91 Å². The van der Waals surface area contributed by atoms with E-state index >= 15 is 0 Å². The van der Waals surface area contributed by atoms with Gasteiger partial charge in [-0.2, -0.15) is 0 Å². The second kappa shape index (κ2) is 8.81. The lowest BCUT2D eigenvalue weighted by atomic mass is 9.65. The molecule has 23 heavy (non-hydrogen) atoms. The number of nitrogens with two attached hydrogens (primary N) is 1. The smallest absolute Gasteiger partial charge is 0.225 e. The Balaban J connectivity index is 0.00000132. The van der Waals surface area contributed by atoms with E-state index in [2.05, 4.69) is 9.97 Å². The third kappa shape index (κ3) is 4.55. The molecule has 2 bridgehead atoms. The molecule has 0 radical (unpaired) electrons. The molecular formula is C16H26Cl2N4O. The number of nitrogens with zero attached hydrogens (tertiary/aromatic N) is 3. The fraction of sp³-hybridized carbons (Fsp3) is 0.688. The summed E-state index contributed by atoms with van der Waals surface area (Å²) < 4.78 is 0. The van der Waals surface area contributed by atoms with Crippen LogP contribution in [-0.4, -0.2) is 33.9 Å². The van der Waals surface area contributed by atoms with Gasteiger partial charge < -0.3 is 10.6 Å². The third-order valence-corrected chi connectivity index (χ3v) is 5.15. The van der Waals surface area contributed by atoms with Crippen LogP contribution in [0.1, 0.15) is 37.8 Å². The zero-order valence-corrected chi connectivity index (χ0v) is 15.1. The summed E-state index contributed by atoms with van der Waals surface area (Å²) in [5.74, 6) is 1.46. The second-order valence-corrected chi connectivity index (χ2v) is 6.59. The van der Waals surface area contributed by atoms with Gasteiger partial charge in [-0.3, -0.25) is 14.8 Å². The van der Waals surface area contributed by atoms with Crippen molar-refractivity contribution in [2.75, 3.05) is 7.05 Å². The Hall–Kier alpha value is -0.910. The lowest BCUT2D eigenvalue weighted by Crippen LogP contribution is -2.49. The van der Waals surface area contributed by atoms with Crippen molar-refractivity contribution in [1.82, 2.24) is 14.9 Å². The minimum absolute atomic E-state index is 0. The van der Waals surface area contributed by atoms with Crippen LogP contribution in [0.5, 0.6) is 0 Å². The van der Waals surface area contributed by atoms with Crippen LogP contribution in [0.3, 0.4) is 0 Å². The Morgan fingerprint density at radius 2 is 1.91 bits per heavy atom. The molecular weight excluding hydrogens is 335 g/mol. The third-order valence-electron chi connectivity index (χ3n) is 5.15. The van der Waals surface area contributed by atoms with E-state index in [1.54, 1.807) is 23.5 Å². The van der Waals surface area contributed by atoms with E-state index in [9.17, 15) is 4.79 Å². The highest BCUT2D eigenvalue weighted by Gasteiger charge is 2.41. The largest absolute Gasteiger partial charge is 0.340 e. The van der Waals surface area contributed by atoms with Gasteiger partial charge in [-0.1, -0.05) is 6.42 Å². The van der Waals surface area contributed by atoms with Crippen LogP contribution in [-0.2, 0) is 11.3 Å². The van der Waals surface area contributed by atoms with Crippen molar-refractivity contribution in [2.24, 2.45) is 23.5 Å². The molecule has 7 heteroatoms. The number of carbonyl (C=O) groups is 1. The van der Waals surface area contributed by atoms with Crippen molar-refractivity contribution in [1.29, 1.82) is 0 Å². The highest BCUT2D eigenvalue weighted by molar-refractivity contribution is 5.85. The van der Waals surface area contributed by atoms with Gasteiger partial charge >= 0.3 is 0 Å².